The van der Waals surface area contributed by atoms with E-state index in [1.54, 1.807) is 0 Å². The molecule has 0 fully saturated rings. The number of amides is 1. The largest absolute Gasteiger partial charge is 0.466 e. The van der Waals surface area contributed by atoms with E-state index in [2.05, 4.69) is 52.0 Å². The first-order valence-electron chi connectivity index (χ1n) is 11.7. The highest BCUT2D eigenvalue weighted by atomic mass is 32.2. The molecule has 0 bridgehead atoms. The van der Waals surface area contributed by atoms with Gasteiger partial charge < -0.3 is 14.5 Å². The fourth-order valence-electron chi connectivity index (χ4n) is 4.29. The molecule has 178 valence electrons. The first kappa shape index (κ1) is 25.1. The van der Waals surface area contributed by atoms with E-state index in [1.165, 1.54) is 24.4 Å². The summed E-state index contributed by atoms with van der Waals surface area (Å²) in [5.41, 5.74) is 4.25. The van der Waals surface area contributed by atoms with Gasteiger partial charge >= 0.3 is 5.97 Å². The van der Waals surface area contributed by atoms with Gasteiger partial charge in [0.05, 0.1) is 30.8 Å². The van der Waals surface area contributed by atoms with Crippen molar-refractivity contribution in [3.63, 3.8) is 0 Å². The molecule has 1 amide bonds. The Balaban J connectivity index is 1.99. The molecule has 7 heteroatoms. The summed E-state index contributed by atoms with van der Waals surface area (Å²) in [6.07, 6.45) is 2.13. The molecule has 1 atom stereocenters. The molecular weight excluding hydrogens is 434 g/mol. The van der Waals surface area contributed by atoms with Crippen LogP contribution in [0.2, 0.25) is 0 Å². The van der Waals surface area contributed by atoms with Gasteiger partial charge in [-0.15, -0.1) is 0 Å². The van der Waals surface area contributed by atoms with Crippen molar-refractivity contribution < 1.29 is 14.3 Å². The number of carbonyl (C=O) groups excluding carboxylic acids is 2. The number of esters is 1. The summed E-state index contributed by atoms with van der Waals surface area (Å²) in [7, 11) is 1.40. The molecule has 0 N–H and O–H groups in total. The topological polar surface area (TPSA) is 62.2 Å². The van der Waals surface area contributed by atoms with Crippen molar-refractivity contribution in [2.24, 2.45) is 4.99 Å². The van der Waals surface area contributed by atoms with Gasteiger partial charge in [-0.3, -0.25) is 4.79 Å². The molecule has 0 saturated heterocycles. The second-order valence-electron chi connectivity index (χ2n) is 8.76. The summed E-state index contributed by atoms with van der Waals surface area (Å²) in [4.78, 5) is 34.7. The molecule has 1 aromatic carbocycles. The SMILES string of the molecule is CCCN(CCC)C(=O)CC1=CSC2=NC(C)=C(C(=O)OC)C(c3ccc(C(C)C)cc3)N12. The summed E-state index contributed by atoms with van der Waals surface area (Å²) in [6, 6.07) is 7.98. The number of hydrogen-bond donors (Lipinski definition) is 0. The van der Waals surface area contributed by atoms with Gasteiger partial charge in [0.25, 0.3) is 0 Å². The Morgan fingerprint density at radius 3 is 2.33 bits per heavy atom. The third-order valence-corrected chi connectivity index (χ3v) is 6.89. The number of thioether (sulfide) groups is 1. The second-order valence-corrected chi connectivity index (χ2v) is 9.60. The van der Waals surface area contributed by atoms with Gasteiger partial charge in [0.2, 0.25) is 5.91 Å². The number of allylic oxidation sites excluding steroid dienone is 1. The van der Waals surface area contributed by atoms with Crippen LogP contribution >= 0.6 is 11.8 Å². The lowest BCUT2D eigenvalue weighted by molar-refractivity contribution is -0.136. The zero-order chi connectivity index (χ0) is 24.1. The highest BCUT2D eigenvalue weighted by Gasteiger charge is 2.41. The number of carbonyl (C=O) groups is 2. The number of methoxy groups -OCH3 is 1. The zero-order valence-electron chi connectivity index (χ0n) is 20.6. The quantitative estimate of drug-likeness (QED) is 0.441. The van der Waals surface area contributed by atoms with Gasteiger partial charge in [0.15, 0.2) is 5.17 Å². The van der Waals surface area contributed by atoms with Crippen molar-refractivity contribution in [1.29, 1.82) is 0 Å². The Labute approximate surface area is 201 Å². The fourth-order valence-corrected chi connectivity index (χ4v) is 5.25. The number of rotatable bonds is 9. The summed E-state index contributed by atoms with van der Waals surface area (Å²) in [5, 5.41) is 2.79. The third kappa shape index (κ3) is 5.35. The Kier molecular flexibility index (Phi) is 8.40. The molecule has 2 heterocycles. The number of ether oxygens (including phenoxy) is 1. The van der Waals surface area contributed by atoms with E-state index in [-0.39, 0.29) is 18.4 Å². The van der Waals surface area contributed by atoms with Crippen molar-refractivity contribution >= 4 is 28.8 Å². The summed E-state index contributed by atoms with van der Waals surface area (Å²) >= 11 is 1.50. The molecule has 0 aliphatic carbocycles. The van der Waals surface area contributed by atoms with Crippen LogP contribution in [0, 0.1) is 0 Å². The predicted molar refractivity (Wildman–Crippen MR) is 135 cm³/mol. The molecule has 33 heavy (non-hydrogen) atoms. The van der Waals surface area contributed by atoms with Crippen molar-refractivity contribution in [1.82, 2.24) is 9.80 Å². The Morgan fingerprint density at radius 2 is 1.79 bits per heavy atom. The van der Waals surface area contributed by atoms with Crippen molar-refractivity contribution in [3.8, 4) is 0 Å². The molecular formula is C26H35N3O3S. The molecule has 6 nitrogen and oxygen atoms in total. The van der Waals surface area contributed by atoms with Gasteiger partial charge in [-0.1, -0.05) is 63.7 Å². The molecule has 0 aromatic heterocycles. The van der Waals surface area contributed by atoms with Gasteiger partial charge in [-0.2, -0.15) is 0 Å². The normalized spacial score (nSPS) is 17.7. The van der Waals surface area contributed by atoms with E-state index in [0.29, 0.717) is 17.2 Å². The summed E-state index contributed by atoms with van der Waals surface area (Å²) < 4.78 is 5.15. The Bertz CT molecular complexity index is 973. The number of fused-ring (bicyclic) bond motifs is 1. The van der Waals surface area contributed by atoms with E-state index in [1.807, 2.05) is 22.1 Å². The van der Waals surface area contributed by atoms with Gasteiger partial charge in [-0.25, -0.2) is 9.79 Å². The highest BCUT2D eigenvalue weighted by Crippen LogP contribution is 2.45. The molecule has 3 rings (SSSR count). The van der Waals surface area contributed by atoms with Crippen LogP contribution in [0.1, 0.15) is 77.0 Å². The molecule has 2 aliphatic heterocycles. The Hall–Kier alpha value is -2.54. The average Bonchev–Trinajstić information content (AvgIpc) is 3.19. The monoisotopic (exact) mass is 469 g/mol. The fraction of sp³-hybridized carbons (Fsp3) is 0.500. The second kappa shape index (κ2) is 11.1. The van der Waals surface area contributed by atoms with E-state index in [4.69, 9.17) is 9.73 Å². The van der Waals surface area contributed by atoms with Crippen LogP contribution < -0.4 is 0 Å². The van der Waals surface area contributed by atoms with Crippen LogP contribution in [0.5, 0.6) is 0 Å². The van der Waals surface area contributed by atoms with Crippen LogP contribution in [0.3, 0.4) is 0 Å². The Morgan fingerprint density at radius 1 is 1.15 bits per heavy atom. The van der Waals surface area contributed by atoms with Crippen LogP contribution in [0.4, 0.5) is 0 Å². The zero-order valence-corrected chi connectivity index (χ0v) is 21.4. The highest BCUT2D eigenvalue weighted by molar-refractivity contribution is 8.16. The maximum Gasteiger partial charge on any atom is 0.338 e. The van der Waals surface area contributed by atoms with E-state index >= 15 is 0 Å². The van der Waals surface area contributed by atoms with E-state index in [9.17, 15) is 9.59 Å². The molecule has 0 radical (unpaired) electrons. The van der Waals surface area contributed by atoms with Crippen LogP contribution in [0.15, 0.2) is 51.6 Å². The maximum absolute atomic E-state index is 13.2. The summed E-state index contributed by atoms with van der Waals surface area (Å²) in [6.45, 7) is 11.8. The average molecular weight is 470 g/mol. The summed E-state index contributed by atoms with van der Waals surface area (Å²) in [5.74, 6) is 0.124. The van der Waals surface area contributed by atoms with Crippen molar-refractivity contribution in [3.05, 3.63) is 57.8 Å². The van der Waals surface area contributed by atoms with Crippen LogP contribution in [-0.4, -0.2) is 47.0 Å². The number of aliphatic imine (C=N–C) groups is 1. The first-order chi connectivity index (χ1) is 15.8. The lowest BCUT2D eigenvalue weighted by Crippen LogP contribution is -2.39. The number of hydrogen-bond acceptors (Lipinski definition) is 6. The molecule has 0 saturated carbocycles. The van der Waals surface area contributed by atoms with Crippen molar-refractivity contribution in [2.45, 2.75) is 65.8 Å². The smallest absolute Gasteiger partial charge is 0.338 e. The molecule has 0 spiro atoms. The van der Waals surface area contributed by atoms with Gasteiger partial charge in [0.1, 0.15) is 0 Å². The van der Waals surface area contributed by atoms with Crippen molar-refractivity contribution in [2.75, 3.05) is 20.2 Å². The van der Waals surface area contributed by atoms with Crippen LogP contribution in [0.25, 0.3) is 0 Å². The maximum atomic E-state index is 13.2. The van der Waals surface area contributed by atoms with E-state index in [0.717, 1.165) is 42.4 Å². The standard InChI is InChI=1S/C26H35N3O3S/c1-7-13-28(14-8-2)22(30)15-21-16-33-26-27-18(5)23(25(31)32-6)24(29(21)26)20-11-9-19(10-12-20)17(3)4/h9-12,16-17,24H,7-8,13-15H2,1-6H3. The molecule has 1 unspecified atom stereocenters. The minimum absolute atomic E-state index is 0.103. The van der Waals surface area contributed by atoms with Gasteiger partial charge in [-0.05, 0) is 42.2 Å². The minimum Gasteiger partial charge on any atom is -0.466 e. The molecule has 1 aromatic rings. The molecule has 2 aliphatic rings. The van der Waals surface area contributed by atoms with Crippen LogP contribution in [-0.2, 0) is 14.3 Å². The van der Waals surface area contributed by atoms with Gasteiger partial charge in [0, 0.05) is 18.8 Å². The first-order valence-corrected chi connectivity index (χ1v) is 12.6. The minimum atomic E-state index is -0.394. The number of nitrogens with zero attached hydrogens (tertiary/aromatic N) is 3. The number of benzene rings is 1. The number of amidine groups is 1. The lowest BCUT2D eigenvalue weighted by atomic mass is 9.92. The lowest BCUT2D eigenvalue weighted by Gasteiger charge is -2.36. The third-order valence-electron chi connectivity index (χ3n) is 6.00. The predicted octanol–water partition coefficient (Wildman–Crippen LogP) is 5.60. The van der Waals surface area contributed by atoms with E-state index < -0.39 is 5.97 Å².